The summed E-state index contributed by atoms with van der Waals surface area (Å²) >= 11 is 0. The fourth-order valence-electron chi connectivity index (χ4n) is 2.03. The van der Waals surface area contributed by atoms with Crippen LogP contribution >= 0.6 is 0 Å². The van der Waals surface area contributed by atoms with Gasteiger partial charge in [0.15, 0.2) is 11.5 Å². The Morgan fingerprint density at radius 2 is 1.53 bits per heavy atom. The molecule has 3 rings (SSSR count). The standard InChI is InChI=1S/C16H13NO2/c18-15-7-6-12(10-16(15)19)13-8-9-17(11-13)14-4-2-1-3-5-14/h1-11,18-19H. The molecule has 94 valence electrons. The van der Waals surface area contributed by atoms with Crippen molar-refractivity contribution in [2.75, 3.05) is 0 Å². The van der Waals surface area contributed by atoms with E-state index in [4.69, 9.17) is 0 Å². The van der Waals surface area contributed by atoms with E-state index >= 15 is 0 Å². The third-order valence-electron chi connectivity index (χ3n) is 3.06. The summed E-state index contributed by atoms with van der Waals surface area (Å²) in [5.41, 5.74) is 2.93. The molecule has 0 saturated carbocycles. The highest BCUT2D eigenvalue weighted by Gasteiger charge is 2.05. The topological polar surface area (TPSA) is 45.4 Å². The van der Waals surface area contributed by atoms with E-state index in [1.165, 1.54) is 6.07 Å². The Kier molecular flexibility index (Phi) is 2.72. The van der Waals surface area contributed by atoms with E-state index < -0.39 is 0 Å². The number of para-hydroxylation sites is 1. The number of aromatic hydroxyl groups is 2. The number of benzene rings is 2. The molecule has 0 unspecified atom stereocenters. The Labute approximate surface area is 111 Å². The van der Waals surface area contributed by atoms with Crippen LogP contribution in [0, 0.1) is 0 Å². The van der Waals surface area contributed by atoms with E-state index in [1.54, 1.807) is 12.1 Å². The van der Waals surface area contributed by atoms with Crippen LogP contribution < -0.4 is 0 Å². The molecule has 0 aliphatic rings. The molecular formula is C16H13NO2. The highest BCUT2D eigenvalue weighted by atomic mass is 16.3. The highest BCUT2D eigenvalue weighted by molar-refractivity contribution is 5.67. The first kappa shape index (κ1) is 11.4. The van der Waals surface area contributed by atoms with Crippen molar-refractivity contribution < 1.29 is 10.2 Å². The summed E-state index contributed by atoms with van der Waals surface area (Å²) in [6.45, 7) is 0. The highest BCUT2D eigenvalue weighted by Crippen LogP contribution is 2.30. The molecular weight excluding hydrogens is 238 g/mol. The first-order valence-corrected chi connectivity index (χ1v) is 6.00. The van der Waals surface area contributed by atoms with Gasteiger partial charge >= 0.3 is 0 Å². The van der Waals surface area contributed by atoms with Gasteiger partial charge < -0.3 is 14.8 Å². The van der Waals surface area contributed by atoms with Gasteiger partial charge in [0.05, 0.1) is 0 Å². The Bertz CT molecular complexity index is 702. The van der Waals surface area contributed by atoms with Gasteiger partial charge in [-0.1, -0.05) is 24.3 Å². The molecule has 0 aliphatic heterocycles. The lowest BCUT2D eigenvalue weighted by molar-refractivity contribution is 0.404. The van der Waals surface area contributed by atoms with E-state index in [-0.39, 0.29) is 11.5 Å². The summed E-state index contributed by atoms with van der Waals surface area (Å²) in [5.74, 6) is -0.212. The van der Waals surface area contributed by atoms with E-state index in [0.29, 0.717) is 0 Å². The summed E-state index contributed by atoms with van der Waals surface area (Å²) in [4.78, 5) is 0. The third-order valence-corrected chi connectivity index (χ3v) is 3.06. The predicted octanol–water partition coefficient (Wildman–Crippen LogP) is 3.56. The summed E-state index contributed by atoms with van der Waals surface area (Å²) in [6.07, 6.45) is 3.95. The SMILES string of the molecule is Oc1ccc(-c2ccn(-c3ccccc3)c2)cc1O. The van der Waals surface area contributed by atoms with Gasteiger partial charge in [0.25, 0.3) is 0 Å². The van der Waals surface area contributed by atoms with Crippen LogP contribution in [0.1, 0.15) is 0 Å². The van der Waals surface area contributed by atoms with Crippen LogP contribution in [0.15, 0.2) is 67.0 Å². The van der Waals surface area contributed by atoms with Crippen molar-refractivity contribution in [1.82, 2.24) is 4.57 Å². The molecule has 0 bridgehead atoms. The van der Waals surface area contributed by atoms with E-state index in [0.717, 1.165) is 16.8 Å². The van der Waals surface area contributed by atoms with Gasteiger partial charge in [-0.25, -0.2) is 0 Å². The van der Waals surface area contributed by atoms with Crippen molar-refractivity contribution in [3.05, 3.63) is 67.0 Å². The Balaban J connectivity index is 1.99. The largest absolute Gasteiger partial charge is 0.504 e. The molecule has 3 aromatic rings. The van der Waals surface area contributed by atoms with Gasteiger partial charge in [0.1, 0.15) is 0 Å². The minimum absolute atomic E-state index is 0.105. The fraction of sp³-hybridized carbons (Fsp3) is 0. The van der Waals surface area contributed by atoms with E-state index in [1.807, 2.05) is 53.4 Å². The smallest absolute Gasteiger partial charge is 0.158 e. The summed E-state index contributed by atoms with van der Waals surface area (Å²) in [6, 6.07) is 16.8. The van der Waals surface area contributed by atoms with Crippen LogP contribution in [0.5, 0.6) is 11.5 Å². The monoisotopic (exact) mass is 251 g/mol. The molecule has 3 nitrogen and oxygen atoms in total. The van der Waals surface area contributed by atoms with Crippen molar-refractivity contribution in [3.63, 3.8) is 0 Å². The molecule has 0 amide bonds. The van der Waals surface area contributed by atoms with Crippen LogP contribution in [0.2, 0.25) is 0 Å². The van der Waals surface area contributed by atoms with Crippen molar-refractivity contribution in [2.45, 2.75) is 0 Å². The number of nitrogens with zero attached hydrogens (tertiary/aromatic N) is 1. The third kappa shape index (κ3) is 2.18. The maximum atomic E-state index is 9.53. The Morgan fingerprint density at radius 1 is 0.737 bits per heavy atom. The van der Waals surface area contributed by atoms with E-state index in [2.05, 4.69) is 0 Å². The van der Waals surface area contributed by atoms with Crippen LogP contribution in [0.25, 0.3) is 16.8 Å². The van der Waals surface area contributed by atoms with Gasteiger partial charge in [0, 0.05) is 18.1 Å². The zero-order chi connectivity index (χ0) is 13.2. The number of rotatable bonds is 2. The fourth-order valence-corrected chi connectivity index (χ4v) is 2.03. The molecule has 0 saturated heterocycles. The average Bonchev–Trinajstić information content (AvgIpc) is 2.93. The summed E-state index contributed by atoms with van der Waals surface area (Å²) in [7, 11) is 0. The van der Waals surface area contributed by atoms with Crippen molar-refractivity contribution in [2.24, 2.45) is 0 Å². The minimum Gasteiger partial charge on any atom is -0.504 e. The number of hydrogen-bond acceptors (Lipinski definition) is 2. The van der Waals surface area contributed by atoms with Crippen molar-refractivity contribution >= 4 is 0 Å². The Morgan fingerprint density at radius 3 is 2.26 bits per heavy atom. The van der Waals surface area contributed by atoms with Gasteiger partial charge in [0.2, 0.25) is 0 Å². The lowest BCUT2D eigenvalue weighted by Crippen LogP contribution is -1.87. The maximum Gasteiger partial charge on any atom is 0.158 e. The van der Waals surface area contributed by atoms with Crippen LogP contribution in [-0.4, -0.2) is 14.8 Å². The first-order chi connectivity index (χ1) is 9.24. The molecule has 1 heterocycles. The number of hydrogen-bond donors (Lipinski definition) is 2. The molecule has 2 aromatic carbocycles. The van der Waals surface area contributed by atoms with Crippen LogP contribution in [-0.2, 0) is 0 Å². The van der Waals surface area contributed by atoms with E-state index in [9.17, 15) is 10.2 Å². The Hall–Kier alpha value is -2.68. The van der Waals surface area contributed by atoms with Crippen molar-refractivity contribution in [1.29, 1.82) is 0 Å². The molecule has 3 heteroatoms. The van der Waals surface area contributed by atoms with Crippen LogP contribution in [0.4, 0.5) is 0 Å². The minimum atomic E-state index is -0.107. The maximum absolute atomic E-state index is 9.53. The number of aromatic nitrogens is 1. The number of phenolic OH excluding ortho intramolecular Hbond substituents is 2. The lowest BCUT2D eigenvalue weighted by Gasteiger charge is -2.03. The quantitative estimate of drug-likeness (QED) is 0.684. The molecule has 0 spiro atoms. The lowest BCUT2D eigenvalue weighted by atomic mass is 10.1. The van der Waals surface area contributed by atoms with Gasteiger partial charge in [-0.3, -0.25) is 0 Å². The summed E-state index contributed by atoms with van der Waals surface area (Å²) < 4.78 is 2.01. The molecule has 0 atom stereocenters. The molecule has 19 heavy (non-hydrogen) atoms. The normalized spacial score (nSPS) is 10.5. The molecule has 1 aromatic heterocycles. The summed E-state index contributed by atoms with van der Waals surface area (Å²) in [5, 5.41) is 18.8. The zero-order valence-corrected chi connectivity index (χ0v) is 10.2. The molecule has 0 radical (unpaired) electrons. The molecule has 2 N–H and O–H groups in total. The average molecular weight is 251 g/mol. The van der Waals surface area contributed by atoms with Crippen molar-refractivity contribution in [3.8, 4) is 28.3 Å². The number of phenols is 2. The van der Waals surface area contributed by atoms with Crippen LogP contribution in [0.3, 0.4) is 0 Å². The molecule has 0 aliphatic carbocycles. The predicted molar refractivity (Wildman–Crippen MR) is 74.5 cm³/mol. The van der Waals surface area contributed by atoms with Gasteiger partial charge in [-0.05, 0) is 41.5 Å². The first-order valence-electron chi connectivity index (χ1n) is 6.00. The second-order valence-corrected chi connectivity index (χ2v) is 4.35. The van der Waals surface area contributed by atoms with Gasteiger partial charge in [-0.15, -0.1) is 0 Å². The second kappa shape index (κ2) is 4.53. The zero-order valence-electron chi connectivity index (χ0n) is 10.2. The van der Waals surface area contributed by atoms with Gasteiger partial charge in [-0.2, -0.15) is 0 Å². The molecule has 0 fully saturated rings. The second-order valence-electron chi connectivity index (χ2n) is 4.35.